The molecule has 1 fully saturated rings. The lowest BCUT2D eigenvalue weighted by atomic mass is 9.96. The Morgan fingerprint density at radius 2 is 1.32 bits per heavy atom. The van der Waals surface area contributed by atoms with Crippen LogP contribution in [0, 0.1) is 0 Å². The predicted octanol–water partition coefficient (Wildman–Crippen LogP) is 3.43. The maximum absolute atomic E-state index is 5.84. The zero-order valence-electron chi connectivity index (χ0n) is 15.8. The Hall–Kier alpha value is -2.25. The molecule has 0 aliphatic carbocycles. The second-order valence-corrected chi connectivity index (χ2v) is 23.1. The molecule has 5 aromatic rings. The summed E-state index contributed by atoms with van der Waals surface area (Å²) < 4.78 is 5.84. The van der Waals surface area contributed by atoms with Gasteiger partial charge in [0.25, 0.3) is 0 Å². The zero-order valence-corrected chi connectivity index (χ0v) is 19.8. The van der Waals surface area contributed by atoms with Gasteiger partial charge < -0.3 is 4.43 Å². The van der Waals surface area contributed by atoms with Crippen molar-refractivity contribution in [2.75, 3.05) is 6.61 Å². The van der Waals surface area contributed by atoms with Crippen LogP contribution in [0.15, 0.2) is 78.9 Å². The van der Waals surface area contributed by atoms with Crippen LogP contribution in [-0.2, 0) is 4.43 Å². The molecule has 0 bridgehead atoms. The Morgan fingerprint density at radius 3 is 2.11 bits per heavy atom. The minimum atomic E-state index is -0.742. The summed E-state index contributed by atoms with van der Waals surface area (Å²) in [5.41, 5.74) is 0. The molecule has 1 atom stereocenters. The van der Waals surface area contributed by atoms with Crippen molar-refractivity contribution in [3.8, 4) is 0 Å². The lowest BCUT2D eigenvalue weighted by Crippen LogP contribution is -2.45. The van der Waals surface area contributed by atoms with E-state index in [0.29, 0.717) is 0 Å². The maximum Gasteiger partial charge on any atom is 0.141 e. The Bertz CT molecular complexity index is 1360. The van der Waals surface area contributed by atoms with Crippen LogP contribution in [0.3, 0.4) is 0 Å². The average Bonchev–Trinajstić information content (AvgIpc) is 2.76. The van der Waals surface area contributed by atoms with Gasteiger partial charge in [-0.1, -0.05) is 59.8 Å². The summed E-state index contributed by atoms with van der Waals surface area (Å²) in [6, 6.07) is 31.3. The molecule has 6 rings (SSSR count). The summed E-state index contributed by atoms with van der Waals surface area (Å²) in [6.07, 6.45) is 0. The smallest absolute Gasteiger partial charge is 0.141 e. The molecular formula is C24H22OSi3. The second kappa shape index (κ2) is 6.67. The minimum absolute atomic E-state index is 0.0710. The van der Waals surface area contributed by atoms with Crippen molar-refractivity contribution in [2.24, 2.45) is 0 Å². The largest absolute Gasteiger partial charge is 0.428 e. The van der Waals surface area contributed by atoms with Crippen LogP contribution in [0.5, 0.6) is 0 Å². The van der Waals surface area contributed by atoms with Crippen molar-refractivity contribution >= 4 is 74.4 Å². The monoisotopic (exact) mass is 410 g/mol. The van der Waals surface area contributed by atoms with Crippen molar-refractivity contribution < 1.29 is 4.43 Å². The molecule has 1 nitrogen and oxygen atoms in total. The van der Waals surface area contributed by atoms with Gasteiger partial charge in [0.15, 0.2) is 0 Å². The first-order valence-corrected chi connectivity index (χ1v) is 19.5. The van der Waals surface area contributed by atoms with Gasteiger partial charge in [-0.25, -0.2) is 0 Å². The van der Waals surface area contributed by atoms with Crippen LogP contribution in [0.25, 0.3) is 43.1 Å². The summed E-state index contributed by atoms with van der Waals surface area (Å²) >= 11 is 0. The highest BCUT2D eigenvalue weighted by Gasteiger charge is 2.20. The van der Waals surface area contributed by atoms with Gasteiger partial charge in [0.1, 0.15) is 9.28 Å². The quantitative estimate of drug-likeness (QED) is 0.234. The van der Waals surface area contributed by atoms with Gasteiger partial charge in [0.2, 0.25) is 0 Å². The van der Waals surface area contributed by atoms with E-state index in [-0.39, 0.29) is 17.8 Å². The van der Waals surface area contributed by atoms with Crippen molar-refractivity contribution in [2.45, 2.75) is 6.04 Å². The lowest BCUT2D eigenvalue weighted by Gasteiger charge is -2.22. The fraction of sp³-hybridized carbons (Fsp3) is 0.0833. The van der Waals surface area contributed by atoms with E-state index in [1.807, 2.05) is 0 Å². The van der Waals surface area contributed by atoms with Gasteiger partial charge in [-0.15, -0.1) is 0 Å². The van der Waals surface area contributed by atoms with Crippen molar-refractivity contribution in [3.63, 3.8) is 0 Å². The standard InChI is InChI=1S/C24H22OSi3/c1-2-5-17-14-21-19(12-16(17)4-1)8-9-20-13-18-6-3-7-24(23(18)15-22(20)21)28-11-10-25-26-27-28/h1-9,12-15,28H,10-11,26-27H2. The molecule has 4 heteroatoms. The number of fused-ring (bicyclic) bond motifs is 5. The molecule has 1 unspecified atom stereocenters. The molecule has 0 N–H and O–H groups in total. The number of rotatable bonds is 1. The summed E-state index contributed by atoms with van der Waals surface area (Å²) in [5.74, 6) is 0. The van der Waals surface area contributed by atoms with Gasteiger partial charge in [0, 0.05) is 15.2 Å². The van der Waals surface area contributed by atoms with Gasteiger partial charge in [-0.2, -0.15) is 0 Å². The lowest BCUT2D eigenvalue weighted by molar-refractivity contribution is 0.367. The first-order valence-electron chi connectivity index (χ1n) is 10.2. The van der Waals surface area contributed by atoms with Gasteiger partial charge >= 0.3 is 0 Å². The predicted molar refractivity (Wildman–Crippen MR) is 131 cm³/mol. The number of hydrogen-bond donors (Lipinski definition) is 0. The number of benzene rings is 5. The van der Waals surface area contributed by atoms with E-state index in [4.69, 9.17) is 4.43 Å². The highest BCUT2D eigenvalue weighted by atomic mass is 29.5. The third-order valence-corrected chi connectivity index (χ3v) is 24.8. The third-order valence-electron chi connectivity index (χ3n) is 6.40. The minimum Gasteiger partial charge on any atom is -0.428 e. The average molecular weight is 411 g/mol. The summed E-state index contributed by atoms with van der Waals surface area (Å²) in [5, 5.41) is 12.8. The Kier molecular flexibility index (Phi) is 3.97. The Labute approximate surface area is 170 Å². The molecule has 28 heavy (non-hydrogen) atoms. The van der Waals surface area contributed by atoms with E-state index in [1.165, 1.54) is 49.1 Å². The van der Waals surface area contributed by atoms with E-state index in [0.717, 1.165) is 6.61 Å². The fourth-order valence-corrected chi connectivity index (χ4v) is 23.3. The second-order valence-electron chi connectivity index (χ2n) is 8.01. The summed E-state index contributed by atoms with van der Waals surface area (Å²) in [4.78, 5) is 0. The molecule has 1 aliphatic heterocycles. The first kappa shape index (κ1) is 16.7. The molecule has 0 saturated carbocycles. The molecular weight excluding hydrogens is 389 g/mol. The van der Waals surface area contributed by atoms with Crippen LogP contribution in [0.1, 0.15) is 0 Å². The van der Waals surface area contributed by atoms with E-state index in [2.05, 4.69) is 78.9 Å². The van der Waals surface area contributed by atoms with Gasteiger partial charge in [-0.3, -0.25) is 0 Å². The Balaban J connectivity index is 1.67. The summed E-state index contributed by atoms with van der Waals surface area (Å²) in [7, 11) is -0.818. The van der Waals surface area contributed by atoms with Gasteiger partial charge in [0.05, 0.1) is 8.31 Å². The molecule has 0 aromatic heterocycles. The van der Waals surface area contributed by atoms with E-state index < -0.39 is 8.31 Å². The fourth-order valence-electron chi connectivity index (χ4n) is 4.91. The van der Waals surface area contributed by atoms with E-state index >= 15 is 0 Å². The molecule has 0 amide bonds. The Morgan fingerprint density at radius 1 is 0.643 bits per heavy atom. The summed E-state index contributed by atoms with van der Waals surface area (Å²) in [6.45, 7) is 1.04. The molecule has 1 aliphatic rings. The molecule has 0 radical (unpaired) electrons. The van der Waals surface area contributed by atoms with Crippen LogP contribution >= 0.6 is 0 Å². The highest BCUT2D eigenvalue weighted by Crippen LogP contribution is 2.32. The molecule has 1 heterocycles. The van der Waals surface area contributed by atoms with Crippen LogP contribution in [0.4, 0.5) is 0 Å². The van der Waals surface area contributed by atoms with Crippen molar-refractivity contribution in [1.82, 2.24) is 0 Å². The highest BCUT2D eigenvalue weighted by molar-refractivity contribution is 7.39. The topological polar surface area (TPSA) is 9.23 Å². The normalized spacial score (nSPS) is 19.4. The number of hydrogen-bond acceptors (Lipinski definition) is 1. The van der Waals surface area contributed by atoms with Crippen LogP contribution in [-0.4, -0.2) is 32.8 Å². The third kappa shape index (κ3) is 2.68. The SMILES string of the molecule is c1ccc2cc3c(ccc4cc5cccc([SiH]6CCO[SiH2][SiH2]6)c5cc43)cc2c1. The molecule has 0 spiro atoms. The molecule has 1 saturated heterocycles. The molecule has 5 aromatic carbocycles. The van der Waals surface area contributed by atoms with Crippen LogP contribution in [0.2, 0.25) is 6.04 Å². The first-order chi connectivity index (χ1) is 13.9. The molecule has 136 valence electrons. The maximum atomic E-state index is 5.84. The van der Waals surface area contributed by atoms with Gasteiger partial charge in [-0.05, 0) is 73.4 Å². The van der Waals surface area contributed by atoms with Crippen LogP contribution < -0.4 is 5.19 Å². The van der Waals surface area contributed by atoms with E-state index in [1.54, 1.807) is 5.19 Å². The van der Waals surface area contributed by atoms with Crippen molar-refractivity contribution in [3.05, 3.63) is 78.9 Å². The van der Waals surface area contributed by atoms with Crippen molar-refractivity contribution in [1.29, 1.82) is 0 Å². The van der Waals surface area contributed by atoms with E-state index in [9.17, 15) is 0 Å². The zero-order chi connectivity index (χ0) is 18.5.